The molecule has 0 radical (unpaired) electrons. The van der Waals surface area contributed by atoms with Gasteiger partial charge in [0, 0.05) is 30.9 Å². The summed E-state index contributed by atoms with van der Waals surface area (Å²) in [4.78, 5) is 4.48. The van der Waals surface area contributed by atoms with Gasteiger partial charge in [-0.15, -0.1) is 0 Å². The fourth-order valence-electron chi connectivity index (χ4n) is 2.23. The highest BCUT2D eigenvalue weighted by molar-refractivity contribution is 5.62. The van der Waals surface area contributed by atoms with Crippen molar-refractivity contribution in [2.24, 2.45) is 12.8 Å². The largest absolute Gasteiger partial charge is 0.493 e. The molecule has 2 rings (SSSR count). The van der Waals surface area contributed by atoms with Gasteiger partial charge in [-0.25, -0.2) is 4.98 Å². The molecular weight excluding hydrogens is 266 g/mol. The third-order valence-electron chi connectivity index (χ3n) is 3.37. The van der Waals surface area contributed by atoms with E-state index in [0.29, 0.717) is 13.2 Å². The Hall–Kier alpha value is -2.01. The summed E-state index contributed by atoms with van der Waals surface area (Å²) in [6.07, 6.45) is 3.65. The summed E-state index contributed by atoms with van der Waals surface area (Å²) >= 11 is 0. The van der Waals surface area contributed by atoms with Crippen LogP contribution in [0.4, 0.5) is 0 Å². The molecule has 0 aliphatic rings. The fourth-order valence-corrected chi connectivity index (χ4v) is 2.23. The summed E-state index contributed by atoms with van der Waals surface area (Å²) in [6, 6.07) is 5.89. The van der Waals surface area contributed by atoms with E-state index in [2.05, 4.69) is 16.5 Å². The Morgan fingerprint density at radius 2 is 2.10 bits per heavy atom. The SMILES string of the molecule is CCCOc1ccc(-c2ncc(CCN)n2C)cc1OC. The molecule has 2 N–H and O–H groups in total. The van der Waals surface area contributed by atoms with Crippen molar-refractivity contribution < 1.29 is 9.47 Å². The van der Waals surface area contributed by atoms with Gasteiger partial charge in [-0.05, 0) is 31.2 Å². The van der Waals surface area contributed by atoms with E-state index >= 15 is 0 Å². The Kier molecular flexibility index (Phi) is 5.22. The smallest absolute Gasteiger partial charge is 0.161 e. The van der Waals surface area contributed by atoms with Gasteiger partial charge in [0.1, 0.15) is 5.82 Å². The summed E-state index contributed by atoms with van der Waals surface area (Å²) in [7, 11) is 3.65. The number of aromatic nitrogens is 2. The van der Waals surface area contributed by atoms with Gasteiger partial charge in [0.2, 0.25) is 0 Å². The van der Waals surface area contributed by atoms with E-state index in [-0.39, 0.29) is 0 Å². The first-order valence-corrected chi connectivity index (χ1v) is 7.23. The first-order chi connectivity index (χ1) is 10.2. The Bertz CT molecular complexity index is 593. The van der Waals surface area contributed by atoms with Crippen molar-refractivity contribution in [1.82, 2.24) is 9.55 Å². The number of benzene rings is 1. The molecule has 1 heterocycles. The number of nitrogens with zero attached hydrogens (tertiary/aromatic N) is 2. The van der Waals surface area contributed by atoms with Gasteiger partial charge in [-0.3, -0.25) is 0 Å². The van der Waals surface area contributed by atoms with Gasteiger partial charge in [0.25, 0.3) is 0 Å². The van der Waals surface area contributed by atoms with Gasteiger partial charge >= 0.3 is 0 Å². The minimum atomic E-state index is 0.617. The van der Waals surface area contributed by atoms with Gasteiger partial charge in [-0.1, -0.05) is 6.92 Å². The van der Waals surface area contributed by atoms with Gasteiger partial charge in [0.15, 0.2) is 11.5 Å². The Balaban J connectivity index is 2.32. The Morgan fingerprint density at radius 3 is 2.76 bits per heavy atom. The zero-order valence-electron chi connectivity index (χ0n) is 12.9. The highest BCUT2D eigenvalue weighted by atomic mass is 16.5. The van der Waals surface area contributed by atoms with E-state index in [1.54, 1.807) is 7.11 Å². The second kappa shape index (κ2) is 7.13. The maximum absolute atomic E-state index is 5.67. The molecule has 0 bridgehead atoms. The van der Waals surface area contributed by atoms with Crippen LogP contribution in [0.25, 0.3) is 11.4 Å². The van der Waals surface area contributed by atoms with Crippen molar-refractivity contribution in [1.29, 1.82) is 0 Å². The summed E-state index contributed by atoms with van der Waals surface area (Å²) in [5.41, 5.74) is 7.74. The van der Waals surface area contributed by atoms with Crippen LogP contribution in [0, 0.1) is 0 Å². The molecule has 1 aromatic heterocycles. The molecule has 2 aromatic rings. The second-order valence-electron chi connectivity index (χ2n) is 4.88. The molecule has 5 nitrogen and oxygen atoms in total. The standard InChI is InChI=1S/C16H23N3O2/c1-4-9-21-14-6-5-12(10-15(14)20-3)16-18-11-13(7-8-17)19(16)2/h5-6,10-11H,4,7-9,17H2,1-3H3. The maximum atomic E-state index is 5.67. The summed E-state index contributed by atoms with van der Waals surface area (Å²) in [5, 5.41) is 0. The molecule has 5 heteroatoms. The molecular formula is C16H23N3O2. The van der Waals surface area contributed by atoms with E-state index in [0.717, 1.165) is 41.4 Å². The highest BCUT2D eigenvalue weighted by Crippen LogP contribution is 2.32. The van der Waals surface area contributed by atoms with Crippen molar-refractivity contribution in [3.63, 3.8) is 0 Å². The lowest BCUT2D eigenvalue weighted by molar-refractivity contribution is 0.294. The van der Waals surface area contributed by atoms with Crippen LogP contribution in [0.1, 0.15) is 19.0 Å². The monoisotopic (exact) mass is 289 g/mol. The maximum Gasteiger partial charge on any atom is 0.161 e. The third kappa shape index (κ3) is 3.36. The highest BCUT2D eigenvalue weighted by Gasteiger charge is 2.12. The first kappa shape index (κ1) is 15.4. The van der Waals surface area contributed by atoms with Crippen molar-refractivity contribution in [3.8, 4) is 22.9 Å². The van der Waals surface area contributed by atoms with Crippen LogP contribution in [0.3, 0.4) is 0 Å². The lowest BCUT2D eigenvalue weighted by Gasteiger charge is -2.12. The Morgan fingerprint density at radius 1 is 1.29 bits per heavy atom. The summed E-state index contributed by atoms with van der Waals surface area (Å²) < 4.78 is 13.2. The number of imidazole rings is 1. The number of rotatable bonds is 7. The van der Waals surface area contributed by atoms with E-state index in [9.17, 15) is 0 Å². The first-order valence-electron chi connectivity index (χ1n) is 7.23. The molecule has 21 heavy (non-hydrogen) atoms. The van der Waals surface area contributed by atoms with E-state index in [4.69, 9.17) is 15.2 Å². The van der Waals surface area contributed by atoms with Crippen LogP contribution in [-0.4, -0.2) is 29.8 Å². The van der Waals surface area contributed by atoms with E-state index in [1.807, 2.05) is 31.4 Å². The quantitative estimate of drug-likeness (QED) is 0.850. The van der Waals surface area contributed by atoms with Crippen LogP contribution in [-0.2, 0) is 13.5 Å². The van der Waals surface area contributed by atoms with Gasteiger partial charge < -0.3 is 19.8 Å². The molecule has 0 aliphatic carbocycles. The van der Waals surface area contributed by atoms with E-state index in [1.165, 1.54) is 0 Å². The molecule has 0 atom stereocenters. The number of hydrogen-bond acceptors (Lipinski definition) is 4. The van der Waals surface area contributed by atoms with Crippen molar-refractivity contribution in [2.45, 2.75) is 19.8 Å². The molecule has 0 saturated heterocycles. The van der Waals surface area contributed by atoms with Crippen LogP contribution in [0.5, 0.6) is 11.5 Å². The minimum absolute atomic E-state index is 0.617. The topological polar surface area (TPSA) is 62.3 Å². The lowest BCUT2D eigenvalue weighted by atomic mass is 10.2. The number of ether oxygens (including phenoxy) is 2. The van der Waals surface area contributed by atoms with Crippen LogP contribution >= 0.6 is 0 Å². The average molecular weight is 289 g/mol. The molecule has 0 unspecified atom stereocenters. The normalized spacial score (nSPS) is 10.7. The predicted octanol–water partition coefficient (Wildman–Crippen LogP) is 2.39. The molecule has 114 valence electrons. The summed E-state index contributed by atoms with van der Waals surface area (Å²) in [5.74, 6) is 2.39. The average Bonchev–Trinajstić information content (AvgIpc) is 2.86. The van der Waals surface area contributed by atoms with Gasteiger partial charge in [-0.2, -0.15) is 0 Å². The number of nitrogens with two attached hydrogens (primary N) is 1. The number of methoxy groups -OCH3 is 1. The van der Waals surface area contributed by atoms with Gasteiger partial charge in [0.05, 0.1) is 13.7 Å². The van der Waals surface area contributed by atoms with Crippen molar-refractivity contribution >= 4 is 0 Å². The zero-order valence-corrected chi connectivity index (χ0v) is 12.9. The van der Waals surface area contributed by atoms with Crippen LogP contribution < -0.4 is 15.2 Å². The molecule has 1 aromatic carbocycles. The molecule has 0 amide bonds. The molecule has 0 aliphatic heterocycles. The molecule has 0 fully saturated rings. The second-order valence-corrected chi connectivity index (χ2v) is 4.88. The third-order valence-corrected chi connectivity index (χ3v) is 3.37. The minimum Gasteiger partial charge on any atom is -0.493 e. The number of hydrogen-bond donors (Lipinski definition) is 1. The van der Waals surface area contributed by atoms with Crippen molar-refractivity contribution in [3.05, 3.63) is 30.1 Å². The summed E-state index contributed by atoms with van der Waals surface area (Å²) in [6.45, 7) is 3.37. The molecule has 0 saturated carbocycles. The predicted molar refractivity (Wildman–Crippen MR) is 83.7 cm³/mol. The molecule has 0 spiro atoms. The van der Waals surface area contributed by atoms with E-state index < -0.39 is 0 Å². The van der Waals surface area contributed by atoms with Crippen molar-refractivity contribution in [2.75, 3.05) is 20.3 Å². The lowest BCUT2D eigenvalue weighted by Crippen LogP contribution is -2.07. The Labute approximate surface area is 125 Å². The van der Waals surface area contributed by atoms with Crippen LogP contribution in [0.15, 0.2) is 24.4 Å². The fraction of sp³-hybridized carbons (Fsp3) is 0.438. The van der Waals surface area contributed by atoms with Crippen LogP contribution in [0.2, 0.25) is 0 Å². The zero-order chi connectivity index (χ0) is 15.2.